The predicted molar refractivity (Wildman–Crippen MR) is 59.9 cm³/mol. The number of hydrogen-bond donors (Lipinski definition) is 1. The molecule has 0 fully saturated rings. The van der Waals surface area contributed by atoms with Crippen molar-refractivity contribution in [3.05, 3.63) is 25.0 Å². The Labute approximate surface area is 93.3 Å². The SMILES string of the molecule is CCNc1ncnc(-n2ccnc2)c1OC. The van der Waals surface area contributed by atoms with E-state index in [0.29, 0.717) is 17.4 Å². The summed E-state index contributed by atoms with van der Waals surface area (Å²) in [6.45, 7) is 2.77. The van der Waals surface area contributed by atoms with E-state index in [1.54, 1.807) is 30.4 Å². The third kappa shape index (κ3) is 1.81. The fourth-order valence-electron chi connectivity index (χ4n) is 1.41. The molecule has 16 heavy (non-hydrogen) atoms. The van der Waals surface area contributed by atoms with E-state index in [2.05, 4.69) is 20.3 Å². The van der Waals surface area contributed by atoms with Crippen LogP contribution in [-0.2, 0) is 0 Å². The maximum absolute atomic E-state index is 5.32. The summed E-state index contributed by atoms with van der Waals surface area (Å²) in [5.41, 5.74) is 0. The molecule has 2 rings (SSSR count). The molecule has 0 aliphatic carbocycles. The van der Waals surface area contributed by atoms with Gasteiger partial charge in [0.1, 0.15) is 12.7 Å². The quantitative estimate of drug-likeness (QED) is 0.834. The van der Waals surface area contributed by atoms with E-state index in [9.17, 15) is 0 Å². The van der Waals surface area contributed by atoms with Gasteiger partial charge >= 0.3 is 0 Å². The Balaban J connectivity index is 2.49. The number of hydrogen-bond acceptors (Lipinski definition) is 5. The molecule has 2 heterocycles. The molecule has 0 radical (unpaired) electrons. The molecule has 0 spiro atoms. The second-order valence-corrected chi connectivity index (χ2v) is 3.08. The Hall–Kier alpha value is -2.11. The summed E-state index contributed by atoms with van der Waals surface area (Å²) in [7, 11) is 1.60. The van der Waals surface area contributed by atoms with Gasteiger partial charge in [0.2, 0.25) is 5.75 Å². The van der Waals surface area contributed by atoms with Gasteiger partial charge in [-0.05, 0) is 6.92 Å². The minimum atomic E-state index is 0.613. The smallest absolute Gasteiger partial charge is 0.205 e. The fraction of sp³-hybridized carbons (Fsp3) is 0.300. The van der Waals surface area contributed by atoms with E-state index in [4.69, 9.17) is 4.74 Å². The van der Waals surface area contributed by atoms with Gasteiger partial charge in [0.25, 0.3) is 0 Å². The molecule has 0 aromatic carbocycles. The molecule has 2 aromatic rings. The second kappa shape index (κ2) is 4.61. The summed E-state index contributed by atoms with van der Waals surface area (Å²) in [4.78, 5) is 12.3. The van der Waals surface area contributed by atoms with Gasteiger partial charge in [-0.1, -0.05) is 0 Å². The average Bonchev–Trinajstić information content (AvgIpc) is 2.82. The molecule has 0 bridgehead atoms. The number of aromatic nitrogens is 4. The van der Waals surface area contributed by atoms with Crippen LogP contribution in [0.3, 0.4) is 0 Å². The lowest BCUT2D eigenvalue weighted by Crippen LogP contribution is -2.06. The maximum Gasteiger partial charge on any atom is 0.205 e. The van der Waals surface area contributed by atoms with Gasteiger partial charge in [0.15, 0.2) is 11.6 Å². The van der Waals surface area contributed by atoms with E-state index >= 15 is 0 Å². The number of nitrogens with one attached hydrogen (secondary N) is 1. The van der Waals surface area contributed by atoms with E-state index < -0.39 is 0 Å². The molecule has 0 aliphatic rings. The van der Waals surface area contributed by atoms with Crippen LogP contribution in [-0.4, -0.2) is 33.2 Å². The van der Waals surface area contributed by atoms with Crippen molar-refractivity contribution in [1.82, 2.24) is 19.5 Å². The maximum atomic E-state index is 5.32. The van der Waals surface area contributed by atoms with Crippen LogP contribution >= 0.6 is 0 Å². The molecule has 2 aromatic heterocycles. The van der Waals surface area contributed by atoms with Gasteiger partial charge in [-0.2, -0.15) is 0 Å². The standard InChI is InChI=1S/C10H13N5O/c1-3-12-9-8(16-2)10(14-6-13-9)15-5-4-11-7-15/h4-7H,3H2,1-2H3,(H,12,13,14). The zero-order chi connectivity index (χ0) is 11.4. The summed E-state index contributed by atoms with van der Waals surface area (Å²) in [6.07, 6.45) is 6.66. The number of methoxy groups -OCH3 is 1. The third-order valence-corrected chi connectivity index (χ3v) is 2.08. The number of ether oxygens (including phenoxy) is 1. The van der Waals surface area contributed by atoms with Crippen LogP contribution < -0.4 is 10.1 Å². The number of imidazole rings is 1. The summed E-state index contributed by atoms with van der Waals surface area (Å²) >= 11 is 0. The Morgan fingerprint density at radius 1 is 1.44 bits per heavy atom. The number of nitrogens with zero attached hydrogens (tertiary/aromatic N) is 4. The molecule has 84 valence electrons. The van der Waals surface area contributed by atoms with Crippen molar-refractivity contribution in [3.63, 3.8) is 0 Å². The summed E-state index contributed by atoms with van der Waals surface area (Å²) in [6, 6.07) is 0. The van der Waals surface area contributed by atoms with Crippen molar-refractivity contribution in [3.8, 4) is 11.6 Å². The molecule has 0 atom stereocenters. The first-order valence-corrected chi connectivity index (χ1v) is 4.98. The molecule has 1 N–H and O–H groups in total. The lowest BCUT2D eigenvalue weighted by atomic mass is 10.4. The second-order valence-electron chi connectivity index (χ2n) is 3.08. The Morgan fingerprint density at radius 2 is 2.31 bits per heavy atom. The molecule has 0 unspecified atom stereocenters. The highest BCUT2D eigenvalue weighted by Crippen LogP contribution is 2.27. The Bertz CT molecular complexity index is 454. The molecule has 6 nitrogen and oxygen atoms in total. The molecule has 6 heteroatoms. The third-order valence-electron chi connectivity index (χ3n) is 2.08. The van der Waals surface area contributed by atoms with Gasteiger partial charge in [-0.3, -0.25) is 4.57 Å². The zero-order valence-electron chi connectivity index (χ0n) is 9.21. The summed E-state index contributed by atoms with van der Waals surface area (Å²) < 4.78 is 7.10. The number of anilines is 1. The fourth-order valence-corrected chi connectivity index (χ4v) is 1.41. The van der Waals surface area contributed by atoms with Crippen molar-refractivity contribution < 1.29 is 4.74 Å². The van der Waals surface area contributed by atoms with Gasteiger partial charge in [0.05, 0.1) is 7.11 Å². The highest BCUT2D eigenvalue weighted by Gasteiger charge is 2.12. The molecular formula is C10H13N5O. The normalized spacial score (nSPS) is 10.1. The minimum absolute atomic E-state index is 0.613. The van der Waals surface area contributed by atoms with Crippen LogP contribution in [0.5, 0.6) is 5.75 Å². The predicted octanol–water partition coefficient (Wildman–Crippen LogP) is 1.10. The largest absolute Gasteiger partial charge is 0.490 e. The topological polar surface area (TPSA) is 64.9 Å². The molecular weight excluding hydrogens is 206 g/mol. The van der Waals surface area contributed by atoms with Gasteiger partial charge < -0.3 is 10.1 Å². The molecule has 0 saturated carbocycles. The molecule has 0 saturated heterocycles. The van der Waals surface area contributed by atoms with E-state index in [1.165, 1.54) is 6.33 Å². The minimum Gasteiger partial charge on any atom is -0.490 e. The van der Waals surface area contributed by atoms with E-state index in [1.807, 2.05) is 6.92 Å². The van der Waals surface area contributed by atoms with Crippen molar-refractivity contribution in [2.24, 2.45) is 0 Å². The van der Waals surface area contributed by atoms with Crippen LogP contribution in [0.15, 0.2) is 25.0 Å². The summed E-state index contributed by atoms with van der Waals surface area (Å²) in [5.74, 6) is 1.97. The lowest BCUT2D eigenvalue weighted by Gasteiger charge is -2.11. The highest BCUT2D eigenvalue weighted by atomic mass is 16.5. The zero-order valence-corrected chi connectivity index (χ0v) is 9.21. The van der Waals surface area contributed by atoms with Crippen molar-refractivity contribution in [2.45, 2.75) is 6.92 Å². The first-order chi connectivity index (χ1) is 7.86. The van der Waals surface area contributed by atoms with Gasteiger partial charge in [-0.15, -0.1) is 0 Å². The van der Waals surface area contributed by atoms with Crippen LogP contribution in [0.1, 0.15) is 6.92 Å². The van der Waals surface area contributed by atoms with E-state index in [0.717, 1.165) is 6.54 Å². The lowest BCUT2D eigenvalue weighted by molar-refractivity contribution is 0.410. The molecule has 0 aliphatic heterocycles. The van der Waals surface area contributed by atoms with Crippen LogP contribution in [0.4, 0.5) is 5.82 Å². The van der Waals surface area contributed by atoms with Gasteiger partial charge in [-0.25, -0.2) is 15.0 Å². The molecule has 0 amide bonds. The van der Waals surface area contributed by atoms with E-state index in [-0.39, 0.29) is 0 Å². The van der Waals surface area contributed by atoms with Crippen LogP contribution in [0.25, 0.3) is 5.82 Å². The number of rotatable bonds is 4. The van der Waals surface area contributed by atoms with Crippen molar-refractivity contribution in [2.75, 3.05) is 19.0 Å². The first kappa shape index (κ1) is 10.4. The monoisotopic (exact) mass is 219 g/mol. The van der Waals surface area contributed by atoms with Crippen molar-refractivity contribution >= 4 is 5.82 Å². The van der Waals surface area contributed by atoms with Crippen molar-refractivity contribution in [1.29, 1.82) is 0 Å². The summed E-state index contributed by atoms with van der Waals surface area (Å²) in [5, 5.41) is 3.12. The first-order valence-electron chi connectivity index (χ1n) is 4.98. The van der Waals surface area contributed by atoms with Crippen LogP contribution in [0, 0.1) is 0 Å². The Morgan fingerprint density at radius 3 is 2.94 bits per heavy atom. The van der Waals surface area contributed by atoms with Crippen LogP contribution in [0.2, 0.25) is 0 Å². The Kier molecular flexibility index (Phi) is 3.00. The highest BCUT2D eigenvalue weighted by molar-refractivity contribution is 5.57. The van der Waals surface area contributed by atoms with Gasteiger partial charge in [0, 0.05) is 18.9 Å². The average molecular weight is 219 g/mol.